The molecule has 1 aliphatic carbocycles. The van der Waals surface area contributed by atoms with Crippen LogP contribution in [0.2, 0.25) is 5.02 Å². The Hall–Kier alpha value is -0.580. The van der Waals surface area contributed by atoms with Crippen LogP contribution in [-0.2, 0) is 10.2 Å². The molecule has 1 heterocycles. The van der Waals surface area contributed by atoms with Gasteiger partial charge in [-0.15, -0.1) is 11.3 Å². The number of carboxylic acids is 1. The summed E-state index contributed by atoms with van der Waals surface area (Å²) in [5.41, 5.74) is -0.566. The maximum atomic E-state index is 10.7. The molecule has 0 saturated heterocycles. The van der Waals surface area contributed by atoms with Gasteiger partial charge in [0.05, 0.1) is 5.02 Å². The summed E-state index contributed by atoms with van der Waals surface area (Å²) in [6.07, 6.45) is 0.131. The maximum absolute atomic E-state index is 10.7. The highest BCUT2D eigenvalue weighted by atomic mass is 35.5. The molecule has 1 aliphatic rings. The Labute approximate surface area is 89.9 Å². The third kappa shape index (κ3) is 1.43. The molecule has 0 radical (unpaired) electrons. The third-order valence-corrected chi connectivity index (χ3v) is 4.10. The molecule has 1 fully saturated rings. The molecule has 2 N–H and O–H groups in total. The van der Waals surface area contributed by atoms with Crippen molar-refractivity contribution in [3.8, 4) is 0 Å². The van der Waals surface area contributed by atoms with Gasteiger partial charge in [-0.05, 0) is 18.9 Å². The van der Waals surface area contributed by atoms with Crippen molar-refractivity contribution < 1.29 is 15.0 Å². The standard InChI is InChI=1S/C9H9ClO3S/c10-5-3-6(14-4-5)9(1-2-9)7(11)8(12)13/h3-4,7,11H,1-2H2,(H,12,13). The molecule has 76 valence electrons. The average Bonchev–Trinajstić information content (AvgIpc) is 2.83. The zero-order valence-electron chi connectivity index (χ0n) is 7.24. The number of hydrogen-bond donors (Lipinski definition) is 2. The van der Waals surface area contributed by atoms with Crippen LogP contribution >= 0.6 is 22.9 Å². The molecule has 1 aromatic heterocycles. The van der Waals surface area contributed by atoms with Gasteiger partial charge in [0.2, 0.25) is 0 Å². The predicted molar refractivity (Wildman–Crippen MR) is 53.9 cm³/mol. The highest BCUT2D eigenvalue weighted by Gasteiger charge is 2.54. The second-order valence-corrected chi connectivity index (χ2v) is 4.87. The van der Waals surface area contributed by atoms with E-state index < -0.39 is 17.5 Å². The first kappa shape index (κ1) is 9.96. The zero-order valence-corrected chi connectivity index (χ0v) is 8.81. The fraction of sp³-hybridized carbons (Fsp3) is 0.444. The Bertz CT molecular complexity index is 370. The number of thiophene rings is 1. The van der Waals surface area contributed by atoms with E-state index in [0.29, 0.717) is 5.02 Å². The van der Waals surface area contributed by atoms with Crippen LogP contribution in [0.15, 0.2) is 11.4 Å². The number of halogens is 1. The van der Waals surface area contributed by atoms with Gasteiger partial charge in [-0.1, -0.05) is 11.6 Å². The van der Waals surface area contributed by atoms with E-state index >= 15 is 0 Å². The monoisotopic (exact) mass is 232 g/mol. The van der Waals surface area contributed by atoms with E-state index in [-0.39, 0.29) is 0 Å². The molecule has 1 saturated carbocycles. The van der Waals surface area contributed by atoms with E-state index in [1.54, 1.807) is 11.4 Å². The molecule has 2 rings (SSSR count). The van der Waals surface area contributed by atoms with Crippen LogP contribution in [0.4, 0.5) is 0 Å². The average molecular weight is 233 g/mol. The largest absolute Gasteiger partial charge is 0.479 e. The molecule has 0 aliphatic heterocycles. The molecular weight excluding hydrogens is 224 g/mol. The summed E-state index contributed by atoms with van der Waals surface area (Å²) >= 11 is 7.17. The smallest absolute Gasteiger partial charge is 0.333 e. The van der Waals surface area contributed by atoms with Gasteiger partial charge in [0.25, 0.3) is 0 Å². The van der Waals surface area contributed by atoms with Gasteiger partial charge in [-0.2, -0.15) is 0 Å². The van der Waals surface area contributed by atoms with Crippen LogP contribution < -0.4 is 0 Å². The molecular formula is C9H9ClO3S. The molecule has 0 bridgehead atoms. The van der Waals surface area contributed by atoms with E-state index in [2.05, 4.69) is 0 Å². The van der Waals surface area contributed by atoms with E-state index in [9.17, 15) is 9.90 Å². The topological polar surface area (TPSA) is 57.5 Å². The quantitative estimate of drug-likeness (QED) is 0.837. The minimum absolute atomic E-state index is 0.566. The molecule has 1 atom stereocenters. The summed E-state index contributed by atoms with van der Waals surface area (Å²) in [5, 5.41) is 20.7. The first-order valence-electron chi connectivity index (χ1n) is 4.22. The normalized spacial score (nSPS) is 20.4. The van der Waals surface area contributed by atoms with Crippen molar-refractivity contribution in [2.45, 2.75) is 24.4 Å². The summed E-state index contributed by atoms with van der Waals surface area (Å²) in [4.78, 5) is 11.6. The minimum atomic E-state index is -1.31. The highest BCUT2D eigenvalue weighted by molar-refractivity contribution is 7.10. The van der Waals surface area contributed by atoms with E-state index in [1.807, 2.05) is 0 Å². The van der Waals surface area contributed by atoms with E-state index in [0.717, 1.165) is 17.7 Å². The first-order chi connectivity index (χ1) is 6.56. The van der Waals surface area contributed by atoms with Crippen LogP contribution in [0, 0.1) is 0 Å². The Morgan fingerprint density at radius 2 is 2.29 bits per heavy atom. The van der Waals surface area contributed by atoms with Gasteiger partial charge < -0.3 is 10.2 Å². The number of aliphatic hydroxyl groups excluding tert-OH is 1. The van der Waals surface area contributed by atoms with Crippen molar-refractivity contribution in [2.24, 2.45) is 0 Å². The van der Waals surface area contributed by atoms with Gasteiger partial charge in [0.1, 0.15) is 0 Å². The summed E-state index contributed by atoms with van der Waals surface area (Å²) in [6, 6.07) is 1.74. The van der Waals surface area contributed by atoms with Crippen LogP contribution in [0.1, 0.15) is 17.7 Å². The molecule has 1 aromatic rings. The van der Waals surface area contributed by atoms with Crippen LogP contribution in [0.3, 0.4) is 0 Å². The van der Waals surface area contributed by atoms with Gasteiger partial charge in [-0.3, -0.25) is 0 Å². The van der Waals surface area contributed by atoms with Gasteiger partial charge in [0.15, 0.2) is 6.10 Å². The highest BCUT2D eigenvalue weighted by Crippen LogP contribution is 2.53. The summed E-state index contributed by atoms with van der Waals surface area (Å²) in [6.45, 7) is 0. The number of aliphatic carboxylic acids is 1. The molecule has 3 nitrogen and oxygen atoms in total. The lowest BCUT2D eigenvalue weighted by molar-refractivity contribution is -0.148. The third-order valence-electron chi connectivity index (χ3n) is 2.60. The second kappa shape index (κ2) is 3.22. The Balaban J connectivity index is 2.29. The van der Waals surface area contributed by atoms with Crippen LogP contribution in [0.25, 0.3) is 0 Å². The summed E-state index contributed by atoms with van der Waals surface area (Å²) in [5.74, 6) is -1.16. The van der Waals surface area contributed by atoms with Crippen molar-refractivity contribution in [1.29, 1.82) is 0 Å². The van der Waals surface area contributed by atoms with Crippen molar-refractivity contribution in [3.05, 3.63) is 21.3 Å². The van der Waals surface area contributed by atoms with E-state index in [1.165, 1.54) is 11.3 Å². The van der Waals surface area contributed by atoms with Crippen LogP contribution in [0.5, 0.6) is 0 Å². The Morgan fingerprint density at radius 3 is 2.64 bits per heavy atom. The molecule has 14 heavy (non-hydrogen) atoms. The van der Waals surface area contributed by atoms with Crippen molar-refractivity contribution in [3.63, 3.8) is 0 Å². The lowest BCUT2D eigenvalue weighted by Gasteiger charge is -2.16. The first-order valence-corrected chi connectivity index (χ1v) is 5.47. The molecule has 5 heteroatoms. The molecule has 0 aromatic carbocycles. The second-order valence-electron chi connectivity index (χ2n) is 3.53. The minimum Gasteiger partial charge on any atom is -0.479 e. The van der Waals surface area contributed by atoms with Gasteiger partial charge in [0, 0.05) is 15.7 Å². The number of hydrogen-bond acceptors (Lipinski definition) is 3. The number of rotatable bonds is 3. The number of carbonyl (C=O) groups is 1. The fourth-order valence-electron chi connectivity index (χ4n) is 1.60. The van der Waals surface area contributed by atoms with Crippen molar-refractivity contribution in [2.75, 3.05) is 0 Å². The molecule has 1 unspecified atom stereocenters. The molecule has 0 amide bonds. The SMILES string of the molecule is O=C(O)C(O)C1(c2cc(Cl)cs2)CC1. The predicted octanol–water partition coefficient (Wildman–Crippen LogP) is 1.88. The lowest BCUT2D eigenvalue weighted by atomic mass is 9.97. The fourth-order valence-corrected chi connectivity index (χ4v) is 2.96. The van der Waals surface area contributed by atoms with Gasteiger partial charge >= 0.3 is 5.97 Å². The number of carboxylic acid groups (broad SMARTS) is 1. The summed E-state index contributed by atoms with van der Waals surface area (Å²) in [7, 11) is 0. The summed E-state index contributed by atoms with van der Waals surface area (Å²) < 4.78 is 0. The van der Waals surface area contributed by atoms with Crippen molar-refractivity contribution in [1.82, 2.24) is 0 Å². The number of aliphatic hydroxyl groups is 1. The van der Waals surface area contributed by atoms with Gasteiger partial charge in [-0.25, -0.2) is 4.79 Å². The zero-order chi connectivity index (χ0) is 10.3. The maximum Gasteiger partial charge on any atom is 0.333 e. The lowest BCUT2D eigenvalue weighted by Crippen LogP contribution is -2.33. The van der Waals surface area contributed by atoms with Crippen LogP contribution in [-0.4, -0.2) is 22.3 Å². The molecule has 0 spiro atoms. The Kier molecular flexibility index (Phi) is 2.29. The Morgan fingerprint density at radius 1 is 1.64 bits per heavy atom. The van der Waals surface area contributed by atoms with E-state index in [4.69, 9.17) is 16.7 Å². The van der Waals surface area contributed by atoms with Crippen molar-refractivity contribution >= 4 is 28.9 Å².